The van der Waals surface area contributed by atoms with E-state index in [1.807, 2.05) is 0 Å². The van der Waals surface area contributed by atoms with E-state index in [1.54, 1.807) is 31.4 Å². The van der Waals surface area contributed by atoms with Crippen LogP contribution >= 0.6 is 0 Å². The molecule has 0 spiro atoms. The Morgan fingerprint density at radius 1 is 1.11 bits per heavy atom. The molecule has 0 aliphatic carbocycles. The van der Waals surface area contributed by atoms with E-state index in [2.05, 4.69) is 17.6 Å². The maximum absolute atomic E-state index is 11.5. The quantitative estimate of drug-likeness (QED) is 0.659. The van der Waals surface area contributed by atoms with Crippen molar-refractivity contribution in [3.63, 3.8) is 0 Å². The van der Waals surface area contributed by atoms with E-state index >= 15 is 0 Å². The minimum Gasteiger partial charge on any atom is -0.497 e. The first-order valence-corrected chi connectivity index (χ1v) is 6.50. The van der Waals surface area contributed by atoms with Crippen LogP contribution in [0.5, 0.6) is 11.5 Å². The van der Waals surface area contributed by atoms with Crippen LogP contribution in [-0.2, 0) is 4.79 Å². The van der Waals surface area contributed by atoms with Gasteiger partial charge in [0.15, 0.2) is 6.61 Å². The van der Waals surface area contributed by atoms with E-state index in [1.165, 1.54) is 0 Å². The number of hydrogen-bond acceptors (Lipinski definition) is 4. The van der Waals surface area contributed by atoms with Crippen molar-refractivity contribution in [2.45, 2.75) is 13.3 Å². The van der Waals surface area contributed by atoms with Crippen LogP contribution in [-0.4, -0.2) is 39.3 Å². The van der Waals surface area contributed by atoms with Gasteiger partial charge in [0.25, 0.3) is 5.91 Å². The van der Waals surface area contributed by atoms with Gasteiger partial charge in [-0.15, -0.1) is 0 Å². The SMILES string of the molecule is CCCNCCNC(=O)COc1ccc(OC)cc1. The lowest BCUT2D eigenvalue weighted by molar-refractivity contribution is -0.123. The molecule has 0 aromatic heterocycles. The van der Waals surface area contributed by atoms with Crippen LogP contribution in [0.3, 0.4) is 0 Å². The van der Waals surface area contributed by atoms with Gasteiger partial charge < -0.3 is 20.1 Å². The fraction of sp³-hybridized carbons (Fsp3) is 0.500. The number of amides is 1. The summed E-state index contributed by atoms with van der Waals surface area (Å²) in [5.41, 5.74) is 0. The standard InChI is InChI=1S/C14H22N2O3/c1-3-8-15-9-10-16-14(17)11-19-13-6-4-12(18-2)5-7-13/h4-7,15H,3,8-11H2,1-2H3,(H,16,17). The lowest BCUT2D eigenvalue weighted by atomic mass is 10.3. The monoisotopic (exact) mass is 266 g/mol. The molecule has 0 fully saturated rings. The Morgan fingerprint density at radius 2 is 1.79 bits per heavy atom. The van der Waals surface area contributed by atoms with E-state index < -0.39 is 0 Å². The molecule has 0 saturated heterocycles. The molecule has 1 amide bonds. The summed E-state index contributed by atoms with van der Waals surface area (Å²) in [6.07, 6.45) is 1.09. The van der Waals surface area contributed by atoms with Crippen LogP contribution in [0.25, 0.3) is 0 Å². The van der Waals surface area contributed by atoms with Crippen molar-refractivity contribution in [1.29, 1.82) is 0 Å². The third kappa shape index (κ3) is 6.67. The lowest BCUT2D eigenvalue weighted by Crippen LogP contribution is -2.34. The van der Waals surface area contributed by atoms with E-state index in [4.69, 9.17) is 9.47 Å². The van der Waals surface area contributed by atoms with E-state index in [9.17, 15) is 4.79 Å². The molecule has 1 aromatic carbocycles. The number of methoxy groups -OCH3 is 1. The Bertz CT molecular complexity index is 365. The Kier molecular flexibility index (Phi) is 7.43. The molecule has 0 aliphatic heterocycles. The summed E-state index contributed by atoms with van der Waals surface area (Å²) in [5, 5.41) is 5.99. The van der Waals surface area contributed by atoms with Crippen LogP contribution < -0.4 is 20.1 Å². The van der Waals surface area contributed by atoms with Gasteiger partial charge in [-0.2, -0.15) is 0 Å². The first-order valence-electron chi connectivity index (χ1n) is 6.50. The van der Waals surface area contributed by atoms with Gasteiger partial charge in [-0.25, -0.2) is 0 Å². The minimum atomic E-state index is -0.117. The fourth-order valence-electron chi connectivity index (χ4n) is 1.46. The summed E-state index contributed by atoms with van der Waals surface area (Å²) in [6.45, 7) is 4.50. The van der Waals surface area contributed by atoms with Crippen LogP contribution in [0, 0.1) is 0 Å². The Labute approximate surface area is 114 Å². The Hall–Kier alpha value is -1.75. The molecule has 0 unspecified atom stereocenters. The molecule has 5 nitrogen and oxygen atoms in total. The molecule has 106 valence electrons. The fourth-order valence-corrected chi connectivity index (χ4v) is 1.46. The molecule has 0 aliphatic rings. The first-order chi connectivity index (χ1) is 9.26. The molecular formula is C14H22N2O3. The predicted octanol–water partition coefficient (Wildman–Crippen LogP) is 1.19. The summed E-state index contributed by atoms with van der Waals surface area (Å²) in [6, 6.07) is 7.13. The van der Waals surface area contributed by atoms with Crippen LogP contribution in [0.2, 0.25) is 0 Å². The molecule has 0 atom stereocenters. The second-order valence-corrected chi connectivity index (χ2v) is 4.06. The highest BCUT2D eigenvalue weighted by Gasteiger charge is 2.02. The van der Waals surface area contributed by atoms with Gasteiger partial charge in [-0.3, -0.25) is 4.79 Å². The molecule has 0 saturated carbocycles. The molecule has 0 radical (unpaired) electrons. The summed E-state index contributed by atoms with van der Waals surface area (Å²) in [5.74, 6) is 1.30. The summed E-state index contributed by atoms with van der Waals surface area (Å²) in [4.78, 5) is 11.5. The second-order valence-electron chi connectivity index (χ2n) is 4.06. The maximum Gasteiger partial charge on any atom is 0.257 e. The highest BCUT2D eigenvalue weighted by molar-refractivity contribution is 5.77. The Balaban J connectivity index is 2.15. The molecule has 2 N–H and O–H groups in total. The summed E-state index contributed by atoms with van der Waals surface area (Å²) < 4.78 is 10.4. The van der Waals surface area contributed by atoms with E-state index in [0.717, 1.165) is 25.3 Å². The average molecular weight is 266 g/mol. The van der Waals surface area contributed by atoms with Crippen molar-refractivity contribution in [2.24, 2.45) is 0 Å². The number of ether oxygens (including phenoxy) is 2. The van der Waals surface area contributed by atoms with E-state index in [-0.39, 0.29) is 12.5 Å². The first kappa shape index (κ1) is 15.3. The number of carbonyl (C=O) groups excluding carboxylic acids is 1. The third-order valence-corrected chi connectivity index (χ3v) is 2.48. The van der Waals surface area contributed by atoms with Crippen LogP contribution in [0.15, 0.2) is 24.3 Å². The van der Waals surface area contributed by atoms with E-state index in [0.29, 0.717) is 12.3 Å². The van der Waals surface area contributed by atoms with Crippen molar-refractivity contribution >= 4 is 5.91 Å². The predicted molar refractivity (Wildman–Crippen MR) is 74.7 cm³/mol. The number of rotatable bonds is 9. The minimum absolute atomic E-state index is 0.0279. The molecule has 19 heavy (non-hydrogen) atoms. The number of nitrogens with one attached hydrogen (secondary N) is 2. The van der Waals surface area contributed by atoms with Crippen molar-refractivity contribution in [3.05, 3.63) is 24.3 Å². The highest BCUT2D eigenvalue weighted by Crippen LogP contribution is 2.16. The largest absolute Gasteiger partial charge is 0.497 e. The molecule has 1 aromatic rings. The number of hydrogen-bond donors (Lipinski definition) is 2. The zero-order valence-electron chi connectivity index (χ0n) is 11.6. The zero-order valence-corrected chi connectivity index (χ0v) is 11.6. The summed E-state index contributed by atoms with van der Waals surface area (Å²) >= 11 is 0. The molecule has 0 heterocycles. The highest BCUT2D eigenvalue weighted by atomic mass is 16.5. The summed E-state index contributed by atoms with van der Waals surface area (Å²) in [7, 11) is 1.61. The van der Waals surface area contributed by atoms with Gasteiger partial charge in [0.2, 0.25) is 0 Å². The molecule has 1 rings (SSSR count). The van der Waals surface area contributed by atoms with Crippen LogP contribution in [0.4, 0.5) is 0 Å². The van der Waals surface area contributed by atoms with Gasteiger partial charge in [0, 0.05) is 13.1 Å². The molecule has 0 bridgehead atoms. The van der Waals surface area contributed by atoms with Crippen molar-refractivity contribution in [1.82, 2.24) is 10.6 Å². The molecular weight excluding hydrogens is 244 g/mol. The Morgan fingerprint density at radius 3 is 2.42 bits per heavy atom. The smallest absolute Gasteiger partial charge is 0.257 e. The van der Waals surface area contributed by atoms with Gasteiger partial charge >= 0.3 is 0 Å². The van der Waals surface area contributed by atoms with Gasteiger partial charge in [-0.05, 0) is 37.2 Å². The second kappa shape index (κ2) is 9.22. The van der Waals surface area contributed by atoms with Gasteiger partial charge in [0.1, 0.15) is 11.5 Å². The zero-order chi connectivity index (χ0) is 13.9. The third-order valence-electron chi connectivity index (χ3n) is 2.48. The number of carbonyl (C=O) groups is 1. The lowest BCUT2D eigenvalue weighted by Gasteiger charge is -2.08. The number of benzene rings is 1. The van der Waals surface area contributed by atoms with Gasteiger partial charge in [-0.1, -0.05) is 6.92 Å². The average Bonchev–Trinajstić information content (AvgIpc) is 2.45. The van der Waals surface area contributed by atoms with Crippen LogP contribution in [0.1, 0.15) is 13.3 Å². The molecule has 5 heteroatoms. The normalized spacial score (nSPS) is 10.0. The van der Waals surface area contributed by atoms with Crippen molar-refractivity contribution < 1.29 is 14.3 Å². The van der Waals surface area contributed by atoms with Crippen molar-refractivity contribution in [2.75, 3.05) is 33.4 Å². The topological polar surface area (TPSA) is 59.6 Å². The van der Waals surface area contributed by atoms with Crippen molar-refractivity contribution in [3.8, 4) is 11.5 Å². The van der Waals surface area contributed by atoms with Gasteiger partial charge in [0.05, 0.1) is 7.11 Å². The maximum atomic E-state index is 11.5.